The van der Waals surface area contributed by atoms with E-state index in [4.69, 9.17) is 10.8 Å². The Morgan fingerprint density at radius 2 is 2.27 bits per heavy atom. The van der Waals surface area contributed by atoms with Gasteiger partial charge in [-0.2, -0.15) is 11.8 Å². The van der Waals surface area contributed by atoms with E-state index in [1.165, 1.54) is 0 Å². The highest BCUT2D eigenvalue weighted by atomic mass is 32.2. The molecule has 0 amide bonds. The van der Waals surface area contributed by atoms with Gasteiger partial charge in [-0.3, -0.25) is 0 Å². The maximum absolute atomic E-state index is 8.58. The first-order valence-electron chi connectivity index (χ1n) is 4.97. The number of aromatic nitrogens is 1. The van der Waals surface area contributed by atoms with Crippen molar-refractivity contribution in [3.05, 3.63) is 18.3 Å². The molecule has 1 aromatic rings. The van der Waals surface area contributed by atoms with Crippen molar-refractivity contribution in [2.24, 2.45) is 0 Å². The summed E-state index contributed by atoms with van der Waals surface area (Å²) in [5.74, 6) is 2.88. The quantitative estimate of drug-likeness (QED) is 0.610. The first-order valence-corrected chi connectivity index (χ1v) is 6.12. The van der Waals surface area contributed by atoms with E-state index in [0.29, 0.717) is 5.69 Å². The SMILES string of the molecule is Nc1ccc(NCCSCCCO)nc1. The molecule has 0 spiro atoms. The summed E-state index contributed by atoms with van der Waals surface area (Å²) in [5.41, 5.74) is 6.20. The number of aliphatic hydroxyl groups excluding tert-OH is 1. The Kier molecular flexibility index (Phi) is 5.96. The molecule has 15 heavy (non-hydrogen) atoms. The Labute approximate surface area is 94.3 Å². The number of hydrogen-bond donors (Lipinski definition) is 3. The number of nitrogen functional groups attached to an aromatic ring is 1. The van der Waals surface area contributed by atoms with Gasteiger partial charge in [0.2, 0.25) is 0 Å². The van der Waals surface area contributed by atoms with E-state index in [2.05, 4.69) is 10.3 Å². The van der Waals surface area contributed by atoms with Crippen molar-refractivity contribution in [3.63, 3.8) is 0 Å². The van der Waals surface area contributed by atoms with Crippen LogP contribution < -0.4 is 11.1 Å². The summed E-state index contributed by atoms with van der Waals surface area (Å²) < 4.78 is 0. The van der Waals surface area contributed by atoms with E-state index in [1.807, 2.05) is 23.9 Å². The third-order valence-corrected chi connectivity index (χ3v) is 2.86. The first kappa shape index (κ1) is 12.1. The van der Waals surface area contributed by atoms with Crippen LogP contribution in [0.25, 0.3) is 0 Å². The molecule has 5 heteroatoms. The zero-order valence-electron chi connectivity index (χ0n) is 8.65. The second kappa shape index (κ2) is 7.36. The summed E-state index contributed by atoms with van der Waals surface area (Å²) in [6.45, 7) is 1.16. The summed E-state index contributed by atoms with van der Waals surface area (Å²) in [5, 5.41) is 11.8. The third-order valence-electron chi connectivity index (χ3n) is 1.79. The third kappa shape index (κ3) is 5.49. The molecule has 1 rings (SSSR count). The van der Waals surface area contributed by atoms with Crippen LogP contribution in [0.4, 0.5) is 11.5 Å². The van der Waals surface area contributed by atoms with E-state index < -0.39 is 0 Å². The Morgan fingerprint density at radius 3 is 2.93 bits per heavy atom. The van der Waals surface area contributed by atoms with Crippen molar-refractivity contribution in [2.75, 3.05) is 35.7 Å². The maximum atomic E-state index is 8.58. The summed E-state index contributed by atoms with van der Waals surface area (Å²) >= 11 is 1.83. The van der Waals surface area contributed by atoms with Crippen LogP contribution in [-0.4, -0.2) is 34.7 Å². The normalized spacial score (nSPS) is 10.2. The standard InChI is InChI=1S/C10H17N3OS/c11-9-2-3-10(13-8-9)12-4-7-15-6-1-5-14/h2-3,8,14H,1,4-7,11H2,(H,12,13). The Hall–Kier alpha value is -0.940. The second-order valence-electron chi connectivity index (χ2n) is 3.09. The molecule has 0 unspecified atom stereocenters. The smallest absolute Gasteiger partial charge is 0.126 e. The van der Waals surface area contributed by atoms with Crippen LogP contribution in [0.5, 0.6) is 0 Å². The molecular weight excluding hydrogens is 210 g/mol. The molecule has 4 N–H and O–H groups in total. The van der Waals surface area contributed by atoms with Gasteiger partial charge in [0.25, 0.3) is 0 Å². The molecule has 0 aliphatic heterocycles. The number of thioether (sulfide) groups is 1. The van der Waals surface area contributed by atoms with Gasteiger partial charge in [0.05, 0.1) is 11.9 Å². The van der Waals surface area contributed by atoms with E-state index in [0.717, 1.165) is 30.3 Å². The topological polar surface area (TPSA) is 71.2 Å². The molecule has 84 valence electrons. The highest BCUT2D eigenvalue weighted by Crippen LogP contribution is 2.06. The van der Waals surface area contributed by atoms with E-state index in [1.54, 1.807) is 6.20 Å². The van der Waals surface area contributed by atoms with Crippen LogP contribution in [0.15, 0.2) is 18.3 Å². The lowest BCUT2D eigenvalue weighted by molar-refractivity contribution is 0.296. The average Bonchev–Trinajstić information content (AvgIpc) is 2.26. The minimum Gasteiger partial charge on any atom is -0.397 e. The van der Waals surface area contributed by atoms with E-state index >= 15 is 0 Å². The molecule has 0 aromatic carbocycles. The average molecular weight is 227 g/mol. The molecule has 4 nitrogen and oxygen atoms in total. The van der Waals surface area contributed by atoms with Crippen molar-refractivity contribution < 1.29 is 5.11 Å². The second-order valence-corrected chi connectivity index (χ2v) is 4.32. The van der Waals surface area contributed by atoms with Crippen LogP contribution in [0.1, 0.15) is 6.42 Å². The predicted molar refractivity (Wildman–Crippen MR) is 66.2 cm³/mol. The van der Waals surface area contributed by atoms with Gasteiger partial charge in [0.15, 0.2) is 0 Å². The van der Waals surface area contributed by atoms with Crippen LogP contribution in [0.2, 0.25) is 0 Å². The Morgan fingerprint density at radius 1 is 1.40 bits per heavy atom. The number of pyridine rings is 1. The van der Waals surface area contributed by atoms with Gasteiger partial charge in [0.1, 0.15) is 5.82 Å². The molecule has 1 aromatic heterocycles. The number of nitrogens with zero attached hydrogens (tertiary/aromatic N) is 1. The van der Waals surface area contributed by atoms with E-state index in [9.17, 15) is 0 Å². The van der Waals surface area contributed by atoms with Gasteiger partial charge < -0.3 is 16.2 Å². The predicted octanol–water partition coefficient (Wildman–Crippen LogP) is 1.19. The lowest BCUT2D eigenvalue weighted by Gasteiger charge is -2.05. The molecular formula is C10H17N3OS. The van der Waals surface area contributed by atoms with Crippen molar-refractivity contribution in [1.82, 2.24) is 4.98 Å². The molecule has 0 aliphatic rings. The van der Waals surface area contributed by atoms with Gasteiger partial charge in [-0.25, -0.2) is 4.98 Å². The minimum absolute atomic E-state index is 0.278. The fourth-order valence-corrected chi connectivity index (χ4v) is 1.81. The van der Waals surface area contributed by atoms with Gasteiger partial charge in [-0.1, -0.05) is 0 Å². The van der Waals surface area contributed by atoms with Gasteiger partial charge in [-0.05, 0) is 24.3 Å². The fraction of sp³-hybridized carbons (Fsp3) is 0.500. The summed E-state index contributed by atoms with van der Waals surface area (Å²) in [7, 11) is 0. The number of rotatable bonds is 7. The van der Waals surface area contributed by atoms with Gasteiger partial charge in [-0.15, -0.1) is 0 Å². The fourth-order valence-electron chi connectivity index (χ4n) is 1.03. The number of aliphatic hydroxyl groups is 1. The van der Waals surface area contributed by atoms with Crippen LogP contribution in [0.3, 0.4) is 0 Å². The van der Waals surface area contributed by atoms with E-state index in [-0.39, 0.29) is 6.61 Å². The highest BCUT2D eigenvalue weighted by Gasteiger charge is 1.93. The number of nitrogens with one attached hydrogen (secondary N) is 1. The van der Waals surface area contributed by atoms with Crippen molar-refractivity contribution in [2.45, 2.75) is 6.42 Å². The number of anilines is 2. The van der Waals surface area contributed by atoms with Crippen molar-refractivity contribution in [1.29, 1.82) is 0 Å². The molecule has 0 atom stereocenters. The van der Waals surface area contributed by atoms with Crippen LogP contribution >= 0.6 is 11.8 Å². The maximum Gasteiger partial charge on any atom is 0.126 e. The lowest BCUT2D eigenvalue weighted by atomic mass is 10.4. The molecule has 0 saturated heterocycles. The Balaban J connectivity index is 2.07. The van der Waals surface area contributed by atoms with Crippen LogP contribution in [-0.2, 0) is 0 Å². The molecule has 1 heterocycles. The first-order chi connectivity index (χ1) is 7.33. The number of hydrogen-bond acceptors (Lipinski definition) is 5. The van der Waals surface area contributed by atoms with Crippen molar-refractivity contribution in [3.8, 4) is 0 Å². The molecule has 0 bridgehead atoms. The highest BCUT2D eigenvalue weighted by molar-refractivity contribution is 7.99. The lowest BCUT2D eigenvalue weighted by Crippen LogP contribution is -2.06. The largest absolute Gasteiger partial charge is 0.397 e. The molecule has 0 aliphatic carbocycles. The van der Waals surface area contributed by atoms with Gasteiger partial charge in [0, 0.05) is 18.9 Å². The zero-order chi connectivity index (χ0) is 10.9. The molecule has 0 radical (unpaired) electrons. The Bertz CT molecular complexity index is 266. The zero-order valence-corrected chi connectivity index (χ0v) is 9.46. The minimum atomic E-state index is 0.278. The molecule has 0 fully saturated rings. The summed E-state index contributed by atoms with van der Waals surface area (Å²) in [6.07, 6.45) is 2.51. The summed E-state index contributed by atoms with van der Waals surface area (Å²) in [4.78, 5) is 4.13. The van der Waals surface area contributed by atoms with Crippen molar-refractivity contribution >= 4 is 23.3 Å². The summed E-state index contributed by atoms with van der Waals surface area (Å²) in [6, 6.07) is 3.70. The molecule has 0 saturated carbocycles. The monoisotopic (exact) mass is 227 g/mol. The number of nitrogens with two attached hydrogens (primary N) is 1. The van der Waals surface area contributed by atoms with Crippen LogP contribution in [0, 0.1) is 0 Å². The van der Waals surface area contributed by atoms with Gasteiger partial charge >= 0.3 is 0 Å².